The Morgan fingerprint density at radius 1 is 1.07 bits per heavy atom. The maximum atomic E-state index is 13.8. The van der Waals surface area contributed by atoms with E-state index in [2.05, 4.69) is 26.3 Å². The van der Waals surface area contributed by atoms with E-state index in [0.29, 0.717) is 38.3 Å². The fraction of sp³-hybridized carbons (Fsp3) is 0.267. The zero-order valence-corrected chi connectivity index (χ0v) is 23.5. The average molecular weight is 571 g/mol. The molecular weight excluding hydrogens is 540 g/mol. The Labute approximate surface area is 241 Å². The second kappa shape index (κ2) is 11.2. The third kappa shape index (κ3) is 5.21. The van der Waals surface area contributed by atoms with Gasteiger partial charge in [0.25, 0.3) is 5.91 Å². The van der Waals surface area contributed by atoms with Crippen LogP contribution in [0.15, 0.2) is 60.8 Å². The van der Waals surface area contributed by atoms with Gasteiger partial charge in [0.15, 0.2) is 0 Å². The number of nitrogens with one attached hydrogen (secondary N) is 4. The number of pyridine rings is 1. The van der Waals surface area contributed by atoms with Crippen LogP contribution in [0.25, 0.3) is 10.2 Å². The summed E-state index contributed by atoms with van der Waals surface area (Å²) < 4.78 is 5.99. The van der Waals surface area contributed by atoms with Crippen LogP contribution in [0.2, 0.25) is 0 Å². The van der Waals surface area contributed by atoms with Crippen molar-refractivity contribution in [1.29, 1.82) is 0 Å². The summed E-state index contributed by atoms with van der Waals surface area (Å²) in [4.78, 5) is 46.7. The molecule has 1 aliphatic heterocycles. The molecule has 2 aromatic carbocycles. The van der Waals surface area contributed by atoms with Crippen LogP contribution in [0.5, 0.6) is 11.5 Å². The molecule has 11 heteroatoms. The lowest BCUT2D eigenvalue weighted by Crippen LogP contribution is -2.50. The van der Waals surface area contributed by atoms with E-state index in [1.165, 1.54) is 11.3 Å². The van der Waals surface area contributed by atoms with Gasteiger partial charge in [-0.25, -0.2) is 9.78 Å². The molecule has 0 unspecified atom stereocenters. The van der Waals surface area contributed by atoms with E-state index < -0.39 is 0 Å². The minimum Gasteiger partial charge on any atom is -0.457 e. The van der Waals surface area contributed by atoms with Crippen LogP contribution in [0, 0.1) is 6.92 Å². The Morgan fingerprint density at radius 2 is 1.85 bits per heavy atom. The van der Waals surface area contributed by atoms with Crippen LogP contribution < -0.4 is 30.9 Å². The Morgan fingerprint density at radius 3 is 2.61 bits per heavy atom. The van der Waals surface area contributed by atoms with Crippen molar-refractivity contribution >= 4 is 56.5 Å². The van der Waals surface area contributed by atoms with Crippen molar-refractivity contribution < 1.29 is 19.1 Å². The number of urea groups is 1. The monoisotopic (exact) mass is 570 g/mol. The summed E-state index contributed by atoms with van der Waals surface area (Å²) in [5.74, 6) is 0.941. The zero-order chi connectivity index (χ0) is 28.5. The molecule has 2 aromatic heterocycles. The lowest BCUT2D eigenvalue weighted by Gasteiger charge is -2.30. The van der Waals surface area contributed by atoms with Gasteiger partial charge in [0.05, 0.1) is 29.0 Å². The van der Waals surface area contributed by atoms with E-state index in [1.54, 1.807) is 24.2 Å². The number of hydrogen-bond acceptors (Lipinski definition) is 7. The molecule has 1 saturated carbocycles. The van der Waals surface area contributed by atoms with E-state index in [4.69, 9.17) is 4.74 Å². The second-order valence-electron chi connectivity index (χ2n) is 10.2. The topological polar surface area (TPSA) is 125 Å². The molecule has 3 heterocycles. The first-order valence-electron chi connectivity index (χ1n) is 13.5. The Balaban J connectivity index is 1.34. The fourth-order valence-corrected chi connectivity index (χ4v) is 6.56. The number of ether oxygens (including phenoxy) is 1. The highest BCUT2D eigenvalue weighted by Crippen LogP contribution is 2.47. The Bertz CT molecular complexity index is 1640. The first kappa shape index (κ1) is 26.7. The number of rotatable bonds is 8. The van der Waals surface area contributed by atoms with Crippen molar-refractivity contribution in [2.75, 3.05) is 23.8 Å². The number of carbonyl (C=O) groups excluding carboxylic acids is 3. The zero-order valence-electron chi connectivity index (χ0n) is 22.7. The minimum atomic E-state index is -0.365. The normalized spacial score (nSPS) is 17.8. The number of aryl methyl sites for hydroxylation is 1. The Hall–Kier alpha value is -4.48. The van der Waals surface area contributed by atoms with Crippen LogP contribution in [0.4, 0.5) is 21.9 Å². The van der Waals surface area contributed by atoms with Gasteiger partial charge < -0.3 is 26.0 Å². The average Bonchev–Trinajstić information content (AvgIpc) is 3.55. The van der Waals surface area contributed by atoms with Crippen LogP contribution in [0.3, 0.4) is 0 Å². The summed E-state index contributed by atoms with van der Waals surface area (Å²) in [6.07, 6.45) is 4.06. The molecule has 1 aliphatic carbocycles. The maximum Gasteiger partial charge on any atom is 0.331 e. The maximum absolute atomic E-state index is 13.8. The first-order valence-corrected chi connectivity index (χ1v) is 14.4. The predicted octanol–water partition coefficient (Wildman–Crippen LogP) is 5.07. The smallest absolute Gasteiger partial charge is 0.331 e. The van der Waals surface area contributed by atoms with Crippen molar-refractivity contribution in [3.63, 3.8) is 0 Å². The van der Waals surface area contributed by atoms with Crippen LogP contribution in [-0.2, 0) is 4.79 Å². The number of aromatic nitrogens is 1. The summed E-state index contributed by atoms with van der Waals surface area (Å²) in [6.45, 7) is 2.12. The van der Waals surface area contributed by atoms with E-state index in [0.717, 1.165) is 30.2 Å². The standard InChI is InChI=1S/C30H30N6O4S/c1-17-15-19(40-18-7-4-3-5-8-18)11-12-23(17)36-26-25-22(35-30(36)39)13-14-32-29(25)41-27(26)28(38)34-21-10-6-9-20(21)33-24(37)16-31-2/h3-5,7-8,11-15,20-21,31H,6,9-10,16H2,1-2H3,(H,33,37)(H,34,38)(H,35,39)/t20-,21-/m0/s1. The van der Waals surface area contributed by atoms with Crippen molar-refractivity contribution in [1.82, 2.24) is 20.9 Å². The molecule has 0 radical (unpaired) electrons. The van der Waals surface area contributed by atoms with E-state index >= 15 is 0 Å². The molecule has 6 rings (SSSR count). The summed E-state index contributed by atoms with van der Waals surface area (Å²) in [5, 5.41) is 12.7. The number of amides is 4. The van der Waals surface area contributed by atoms with Crippen LogP contribution in [-0.4, -0.2) is 48.5 Å². The third-order valence-electron chi connectivity index (χ3n) is 7.35. The van der Waals surface area contributed by atoms with Crippen LogP contribution >= 0.6 is 11.3 Å². The first-order chi connectivity index (χ1) is 19.9. The van der Waals surface area contributed by atoms with Crippen LogP contribution in [0.1, 0.15) is 34.5 Å². The van der Waals surface area contributed by atoms with Gasteiger partial charge in [0.1, 0.15) is 21.2 Å². The number of carbonyl (C=O) groups is 3. The highest BCUT2D eigenvalue weighted by Gasteiger charge is 2.37. The molecule has 210 valence electrons. The molecule has 2 atom stereocenters. The number of nitrogens with zero attached hydrogens (tertiary/aromatic N) is 2. The second-order valence-corrected chi connectivity index (χ2v) is 11.2. The molecule has 0 spiro atoms. The largest absolute Gasteiger partial charge is 0.457 e. The summed E-state index contributed by atoms with van der Waals surface area (Å²) >= 11 is 1.25. The Kier molecular flexibility index (Phi) is 7.29. The quantitative estimate of drug-likeness (QED) is 0.235. The van der Waals surface area contributed by atoms with Crippen molar-refractivity contribution in [3.05, 3.63) is 71.2 Å². The SMILES string of the molecule is CNCC(=O)N[C@H]1CCC[C@@H]1NC(=O)c1sc2nccc3c2c1N(c1ccc(Oc2ccccc2)cc1C)C(=O)N3. The predicted molar refractivity (Wildman–Crippen MR) is 159 cm³/mol. The molecule has 41 heavy (non-hydrogen) atoms. The van der Waals surface area contributed by atoms with Crippen molar-refractivity contribution in [2.45, 2.75) is 38.3 Å². The molecule has 0 bridgehead atoms. The van der Waals surface area contributed by atoms with Gasteiger partial charge in [-0.05, 0) is 75.2 Å². The van der Waals surface area contributed by atoms with Gasteiger partial charge in [-0.15, -0.1) is 11.3 Å². The highest BCUT2D eigenvalue weighted by molar-refractivity contribution is 7.21. The number of para-hydroxylation sites is 1. The number of benzene rings is 2. The molecule has 0 saturated heterocycles. The minimum absolute atomic E-state index is 0.109. The number of hydrogen-bond donors (Lipinski definition) is 4. The third-order valence-corrected chi connectivity index (χ3v) is 8.43. The summed E-state index contributed by atoms with van der Waals surface area (Å²) in [7, 11) is 1.72. The molecular formula is C30H30N6O4S. The van der Waals surface area contributed by atoms with Gasteiger partial charge in [0, 0.05) is 18.3 Å². The van der Waals surface area contributed by atoms with Gasteiger partial charge in [-0.2, -0.15) is 0 Å². The fourth-order valence-electron chi connectivity index (χ4n) is 5.51. The van der Waals surface area contributed by atoms with E-state index in [-0.39, 0.29) is 36.5 Å². The lowest BCUT2D eigenvalue weighted by molar-refractivity contribution is -0.120. The van der Waals surface area contributed by atoms with Gasteiger partial charge in [0.2, 0.25) is 5.91 Å². The summed E-state index contributed by atoms with van der Waals surface area (Å²) in [5.41, 5.74) is 2.54. The molecule has 4 N–H and O–H groups in total. The lowest BCUT2D eigenvalue weighted by atomic mass is 10.1. The highest BCUT2D eigenvalue weighted by atomic mass is 32.1. The van der Waals surface area contributed by atoms with Gasteiger partial charge in [-0.3, -0.25) is 14.5 Å². The van der Waals surface area contributed by atoms with Gasteiger partial charge >= 0.3 is 6.03 Å². The molecule has 2 aliphatic rings. The number of thiophene rings is 1. The number of anilines is 3. The number of likely N-dealkylation sites (N-methyl/N-ethyl adjacent to an activating group) is 1. The molecule has 10 nitrogen and oxygen atoms in total. The van der Waals surface area contributed by atoms with E-state index in [1.807, 2.05) is 55.5 Å². The summed E-state index contributed by atoms with van der Waals surface area (Å²) in [6, 6.07) is 16.0. The van der Waals surface area contributed by atoms with E-state index in [9.17, 15) is 14.4 Å². The molecule has 1 fully saturated rings. The van der Waals surface area contributed by atoms with Crippen molar-refractivity contribution in [2.24, 2.45) is 0 Å². The van der Waals surface area contributed by atoms with Gasteiger partial charge in [-0.1, -0.05) is 18.2 Å². The molecule has 4 aromatic rings. The van der Waals surface area contributed by atoms with Crippen molar-refractivity contribution in [3.8, 4) is 11.5 Å². The molecule has 4 amide bonds.